The van der Waals surface area contributed by atoms with E-state index >= 15 is 0 Å². The summed E-state index contributed by atoms with van der Waals surface area (Å²) < 4.78 is 5.38. The molecule has 0 spiro atoms. The minimum Gasteiger partial charge on any atom is -0.369 e. The van der Waals surface area contributed by atoms with Crippen molar-refractivity contribution < 1.29 is 4.74 Å². The maximum atomic E-state index is 5.38. The fraction of sp³-hybridized carbons (Fsp3) is 0.818. The average molecular weight is 181 g/mol. The third kappa shape index (κ3) is 4.92. The molecule has 13 heavy (non-hydrogen) atoms. The van der Waals surface area contributed by atoms with Crippen molar-refractivity contribution in [1.82, 2.24) is 5.32 Å². The molecule has 74 valence electrons. The lowest BCUT2D eigenvalue weighted by atomic mass is 9.97. The summed E-state index contributed by atoms with van der Waals surface area (Å²) in [6.07, 6.45) is 3.85. The van der Waals surface area contributed by atoms with E-state index in [0.717, 1.165) is 12.5 Å². The van der Waals surface area contributed by atoms with Crippen molar-refractivity contribution in [2.45, 2.75) is 26.2 Å². The highest BCUT2D eigenvalue weighted by Gasteiger charge is 2.11. The Labute approximate surface area is 81.0 Å². The molecule has 1 atom stereocenters. The Hall–Kier alpha value is -0.520. The van der Waals surface area contributed by atoms with E-state index in [1.54, 1.807) is 0 Å². The Bertz CT molecular complexity index is 174. The normalized spacial score (nSPS) is 22.1. The van der Waals surface area contributed by atoms with Gasteiger partial charge in [0.05, 0.1) is 0 Å². The van der Waals surface area contributed by atoms with Gasteiger partial charge in [0.2, 0.25) is 0 Å². The van der Waals surface area contributed by atoms with Crippen molar-refractivity contribution in [3.05, 3.63) is 0 Å². The molecule has 0 aromatic rings. The summed E-state index contributed by atoms with van der Waals surface area (Å²) in [7, 11) is 0. The van der Waals surface area contributed by atoms with Crippen LogP contribution >= 0.6 is 0 Å². The predicted molar refractivity (Wildman–Crippen MR) is 54.5 cm³/mol. The Balaban J connectivity index is 1.94. The topological polar surface area (TPSA) is 21.3 Å². The highest BCUT2D eigenvalue weighted by molar-refractivity contribution is 4.94. The summed E-state index contributed by atoms with van der Waals surface area (Å²) in [6.45, 7) is 5.66. The standard InChI is InChI=1S/C11H19NO/c1-2-3-8-13-9-6-11-5-4-7-12-10-11/h11-12H,4-10H2,1H3. The second kappa shape index (κ2) is 6.94. The first-order chi connectivity index (χ1) is 6.43. The van der Waals surface area contributed by atoms with Gasteiger partial charge in [-0.2, -0.15) is 0 Å². The van der Waals surface area contributed by atoms with E-state index < -0.39 is 0 Å². The van der Waals surface area contributed by atoms with Crippen molar-refractivity contribution >= 4 is 0 Å². The molecule has 1 fully saturated rings. The van der Waals surface area contributed by atoms with E-state index in [0.29, 0.717) is 6.61 Å². The number of hydrogen-bond donors (Lipinski definition) is 1. The third-order valence-electron chi connectivity index (χ3n) is 2.42. The van der Waals surface area contributed by atoms with Gasteiger partial charge < -0.3 is 10.1 Å². The zero-order valence-electron chi connectivity index (χ0n) is 8.44. The highest BCUT2D eigenvalue weighted by Crippen LogP contribution is 2.13. The smallest absolute Gasteiger partial charge is 0.107 e. The lowest BCUT2D eigenvalue weighted by molar-refractivity contribution is 0.143. The average Bonchev–Trinajstić information content (AvgIpc) is 2.19. The zero-order chi connectivity index (χ0) is 9.36. The Morgan fingerprint density at radius 3 is 3.15 bits per heavy atom. The van der Waals surface area contributed by atoms with E-state index in [1.807, 2.05) is 6.92 Å². The minimum absolute atomic E-state index is 0.594. The molecule has 1 aliphatic heterocycles. The maximum absolute atomic E-state index is 5.38. The monoisotopic (exact) mass is 181 g/mol. The van der Waals surface area contributed by atoms with Crippen molar-refractivity contribution in [1.29, 1.82) is 0 Å². The molecule has 0 aromatic carbocycles. The van der Waals surface area contributed by atoms with Gasteiger partial charge >= 0.3 is 0 Å². The molecule has 0 saturated carbocycles. The van der Waals surface area contributed by atoms with Crippen LogP contribution in [0.5, 0.6) is 0 Å². The molecule has 2 nitrogen and oxygen atoms in total. The molecule has 1 saturated heterocycles. The number of hydrogen-bond acceptors (Lipinski definition) is 2. The van der Waals surface area contributed by atoms with Crippen LogP contribution in [-0.2, 0) is 4.74 Å². The summed E-state index contributed by atoms with van der Waals surface area (Å²) in [5, 5.41) is 3.40. The predicted octanol–water partition coefficient (Wildman–Crippen LogP) is 1.42. The van der Waals surface area contributed by atoms with Gasteiger partial charge in [0.25, 0.3) is 0 Å². The third-order valence-corrected chi connectivity index (χ3v) is 2.42. The van der Waals surface area contributed by atoms with Crippen molar-refractivity contribution in [2.75, 3.05) is 26.3 Å². The van der Waals surface area contributed by atoms with Crippen molar-refractivity contribution in [3.63, 3.8) is 0 Å². The zero-order valence-corrected chi connectivity index (χ0v) is 8.44. The molecule has 2 heteroatoms. The second-order valence-corrected chi connectivity index (χ2v) is 3.48. The number of ether oxygens (including phenoxy) is 1. The van der Waals surface area contributed by atoms with Crippen LogP contribution in [-0.4, -0.2) is 26.3 Å². The molecule has 1 unspecified atom stereocenters. The van der Waals surface area contributed by atoms with Crippen LogP contribution in [0.1, 0.15) is 26.2 Å². The summed E-state index contributed by atoms with van der Waals surface area (Å²) in [5.74, 6) is 6.54. The molecule has 0 bridgehead atoms. The molecule has 0 amide bonds. The Kier molecular flexibility index (Phi) is 5.64. The lowest BCUT2D eigenvalue weighted by Gasteiger charge is -2.22. The molecule has 1 N–H and O–H groups in total. The van der Waals surface area contributed by atoms with E-state index in [9.17, 15) is 0 Å². The van der Waals surface area contributed by atoms with Crippen LogP contribution in [0.25, 0.3) is 0 Å². The second-order valence-electron chi connectivity index (χ2n) is 3.48. The first-order valence-corrected chi connectivity index (χ1v) is 5.11. The van der Waals surface area contributed by atoms with Crippen LogP contribution in [0.2, 0.25) is 0 Å². The van der Waals surface area contributed by atoms with Crippen LogP contribution in [0, 0.1) is 17.8 Å². The van der Waals surface area contributed by atoms with Gasteiger partial charge in [-0.05, 0) is 45.2 Å². The summed E-state index contributed by atoms with van der Waals surface area (Å²) in [6, 6.07) is 0. The van der Waals surface area contributed by atoms with Gasteiger partial charge in [0.1, 0.15) is 6.61 Å². The number of rotatable bonds is 4. The fourth-order valence-corrected chi connectivity index (χ4v) is 1.62. The first kappa shape index (κ1) is 10.6. The number of nitrogens with one attached hydrogen (secondary N) is 1. The Morgan fingerprint density at radius 2 is 2.46 bits per heavy atom. The van der Waals surface area contributed by atoms with E-state index in [-0.39, 0.29) is 0 Å². The van der Waals surface area contributed by atoms with Crippen LogP contribution in [0.15, 0.2) is 0 Å². The fourth-order valence-electron chi connectivity index (χ4n) is 1.62. The molecular weight excluding hydrogens is 162 g/mol. The molecular formula is C11H19NO. The molecule has 1 aliphatic rings. The highest BCUT2D eigenvalue weighted by atomic mass is 16.5. The van der Waals surface area contributed by atoms with Crippen LogP contribution < -0.4 is 5.32 Å². The summed E-state index contributed by atoms with van der Waals surface area (Å²) in [5.41, 5.74) is 0. The van der Waals surface area contributed by atoms with E-state index in [2.05, 4.69) is 17.2 Å². The van der Waals surface area contributed by atoms with E-state index in [1.165, 1.54) is 32.4 Å². The van der Waals surface area contributed by atoms with Gasteiger partial charge in [0.15, 0.2) is 0 Å². The summed E-state index contributed by atoms with van der Waals surface area (Å²) in [4.78, 5) is 0. The molecule has 0 radical (unpaired) electrons. The van der Waals surface area contributed by atoms with Gasteiger partial charge in [-0.15, -0.1) is 5.92 Å². The number of piperidine rings is 1. The van der Waals surface area contributed by atoms with Crippen molar-refractivity contribution in [2.24, 2.45) is 5.92 Å². The quantitative estimate of drug-likeness (QED) is 0.523. The SMILES string of the molecule is CC#CCOCCC1CCCNC1. The van der Waals surface area contributed by atoms with Gasteiger partial charge in [-0.3, -0.25) is 0 Å². The Morgan fingerprint density at radius 1 is 1.54 bits per heavy atom. The summed E-state index contributed by atoms with van der Waals surface area (Å²) >= 11 is 0. The molecule has 0 aliphatic carbocycles. The van der Waals surface area contributed by atoms with E-state index in [4.69, 9.17) is 4.74 Å². The molecule has 1 rings (SSSR count). The maximum Gasteiger partial charge on any atom is 0.107 e. The van der Waals surface area contributed by atoms with Gasteiger partial charge in [0, 0.05) is 6.61 Å². The van der Waals surface area contributed by atoms with Gasteiger partial charge in [-0.25, -0.2) is 0 Å². The first-order valence-electron chi connectivity index (χ1n) is 5.11. The molecule has 1 heterocycles. The molecule has 0 aromatic heterocycles. The van der Waals surface area contributed by atoms with Crippen LogP contribution in [0.3, 0.4) is 0 Å². The van der Waals surface area contributed by atoms with Crippen molar-refractivity contribution in [3.8, 4) is 11.8 Å². The largest absolute Gasteiger partial charge is 0.369 e. The lowest BCUT2D eigenvalue weighted by Crippen LogP contribution is -2.30. The van der Waals surface area contributed by atoms with Gasteiger partial charge in [-0.1, -0.05) is 5.92 Å². The minimum atomic E-state index is 0.594. The van der Waals surface area contributed by atoms with Crippen LogP contribution in [0.4, 0.5) is 0 Å².